The van der Waals surface area contributed by atoms with Crippen LogP contribution in [0.15, 0.2) is 36.5 Å². The monoisotopic (exact) mass is 394 g/mol. The van der Waals surface area contributed by atoms with Crippen molar-refractivity contribution in [3.8, 4) is 0 Å². The highest BCUT2D eigenvalue weighted by atomic mass is 19.4. The lowest BCUT2D eigenvalue weighted by Gasteiger charge is -2.24. The summed E-state index contributed by atoms with van der Waals surface area (Å²) in [5.41, 5.74) is -0.626. The second kappa shape index (κ2) is 7.65. The van der Waals surface area contributed by atoms with Crippen molar-refractivity contribution in [3.63, 3.8) is 0 Å². The third-order valence-corrected chi connectivity index (χ3v) is 4.64. The minimum absolute atomic E-state index is 0.0876. The number of hydrogen-bond donors (Lipinski definition) is 1. The van der Waals surface area contributed by atoms with Crippen LogP contribution in [0.1, 0.15) is 37.9 Å². The third-order valence-electron chi connectivity index (χ3n) is 4.64. The summed E-state index contributed by atoms with van der Waals surface area (Å²) in [6, 6.07) is 6.06. The Kier molecular flexibility index (Phi) is 5.44. The zero-order chi connectivity index (χ0) is 20.5. The van der Waals surface area contributed by atoms with Gasteiger partial charge in [0.25, 0.3) is 0 Å². The van der Waals surface area contributed by atoms with Gasteiger partial charge in [-0.2, -0.15) is 18.2 Å². The maximum absolute atomic E-state index is 13.3. The molecule has 1 aliphatic heterocycles. The Hall–Kier alpha value is -2.84. The number of cyclic esters (lactones) is 1. The molecule has 28 heavy (non-hydrogen) atoms. The van der Waals surface area contributed by atoms with Crippen LogP contribution in [0.25, 0.3) is 0 Å². The molecule has 1 N–H and O–H groups in total. The molecule has 1 aromatic heterocycles. The molecule has 2 aromatic rings. The second-order valence-corrected chi connectivity index (χ2v) is 6.95. The molecule has 0 aliphatic carbocycles. The smallest absolute Gasteiger partial charge is 0.416 e. The first-order valence-electron chi connectivity index (χ1n) is 8.90. The molecule has 1 saturated heterocycles. The molecule has 0 unspecified atom stereocenters. The highest BCUT2D eigenvalue weighted by Crippen LogP contribution is 2.35. The van der Waals surface area contributed by atoms with Gasteiger partial charge in [0.2, 0.25) is 5.95 Å². The van der Waals surface area contributed by atoms with Gasteiger partial charge in [-0.15, -0.1) is 0 Å². The van der Waals surface area contributed by atoms with Crippen LogP contribution in [-0.4, -0.2) is 28.7 Å². The topological polar surface area (TPSA) is 67.3 Å². The van der Waals surface area contributed by atoms with Crippen LogP contribution < -0.4 is 10.2 Å². The number of halogens is 3. The summed E-state index contributed by atoms with van der Waals surface area (Å²) in [4.78, 5) is 21.9. The van der Waals surface area contributed by atoms with E-state index >= 15 is 0 Å². The Morgan fingerprint density at radius 2 is 1.93 bits per heavy atom. The average molecular weight is 394 g/mol. The summed E-state index contributed by atoms with van der Waals surface area (Å²) < 4.78 is 44.9. The number of alkyl halides is 3. The lowest BCUT2D eigenvalue weighted by Crippen LogP contribution is -2.37. The second-order valence-electron chi connectivity index (χ2n) is 6.95. The first-order valence-corrected chi connectivity index (χ1v) is 8.90. The van der Waals surface area contributed by atoms with Crippen molar-refractivity contribution in [2.75, 3.05) is 16.8 Å². The largest absolute Gasteiger partial charge is 0.447 e. The molecule has 150 valence electrons. The fraction of sp³-hybridized carbons (Fsp3) is 0.421. The van der Waals surface area contributed by atoms with Crippen LogP contribution in [0.3, 0.4) is 0 Å². The molecular weight excluding hydrogens is 373 g/mol. The Balaban J connectivity index is 1.85. The molecule has 1 amide bonds. The van der Waals surface area contributed by atoms with Crippen LogP contribution >= 0.6 is 0 Å². The van der Waals surface area contributed by atoms with Crippen molar-refractivity contribution in [1.29, 1.82) is 0 Å². The van der Waals surface area contributed by atoms with Crippen molar-refractivity contribution in [2.45, 2.75) is 39.0 Å². The summed E-state index contributed by atoms with van der Waals surface area (Å²) in [7, 11) is 0. The molecule has 6 nitrogen and oxygen atoms in total. The van der Waals surface area contributed by atoms with Gasteiger partial charge in [-0.3, -0.25) is 4.90 Å². The number of hydrogen-bond acceptors (Lipinski definition) is 5. The molecule has 0 spiro atoms. The molecular formula is C19H21F3N4O2. The van der Waals surface area contributed by atoms with Gasteiger partial charge in [-0.1, -0.05) is 32.0 Å². The first-order chi connectivity index (χ1) is 13.2. The van der Waals surface area contributed by atoms with Crippen molar-refractivity contribution in [2.24, 2.45) is 5.92 Å². The number of rotatable bonds is 5. The number of ether oxygens (including phenoxy) is 1. The zero-order valence-electron chi connectivity index (χ0n) is 15.7. The standard InChI is InChI=1S/C19H21F3N4O2/c1-11(2)15-10-28-18(27)26(15)16-8-9-23-17(25-16)24-12(3)13-6-4-5-7-14(13)19(20,21)22/h4-9,11-12,15H,10H2,1-3H3,(H,23,24,25)/t12-,15-/m1/s1. The lowest BCUT2D eigenvalue weighted by molar-refractivity contribution is -0.138. The highest BCUT2D eigenvalue weighted by Gasteiger charge is 2.37. The van der Waals surface area contributed by atoms with E-state index in [9.17, 15) is 18.0 Å². The molecule has 0 saturated carbocycles. The minimum Gasteiger partial charge on any atom is -0.447 e. The van der Waals surface area contributed by atoms with E-state index in [0.717, 1.165) is 6.07 Å². The summed E-state index contributed by atoms with van der Waals surface area (Å²) in [5.74, 6) is 0.620. The first kappa shape index (κ1) is 19.9. The highest BCUT2D eigenvalue weighted by molar-refractivity contribution is 5.89. The van der Waals surface area contributed by atoms with Crippen molar-refractivity contribution < 1.29 is 22.7 Å². The van der Waals surface area contributed by atoms with Gasteiger partial charge in [0.05, 0.1) is 17.6 Å². The molecule has 3 rings (SSSR count). The van der Waals surface area contributed by atoms with Crippen LogP contribution in [-0.2, 0) is 10.9 Å². The number of nitrogens with zero attached hydrogens (tertiary/aromatic N) is 3. The van der Waals surface area contributed by atoms with Gasteiger partial charge >= 0.3 is 12.3 Å². The molecule has 1 aromatic carbocycles. The number of benzene rings is 1. The molecule has 0 radical (unpaired) electrons. The van der Waals surface area contributed by atoms with Crippen molar-refractivity contribution in [1.82, 2.24) is 9.97 Å². The summed E-state index contributed by atoms with van der Waals surface area (Å²) in [6.45, 7) is 5.80. The molecule has 1 fully saturated rings. The van der Waals surface area contributed by atoms with Crippen molar-refractivity contribution in [3.05, 3.63) is 47.7 Å². The predicted molar refractivity (Wildman–Crippen MR) is 98.0 cm³/mol. The van der Waals surface area contributed by atoms with Crippen LogP contribution in [0.2, 0.25) is 0 Å². The number of amides is 1. The number of carbonyl (C=O) groups is 1. The Morgan fingerprint density at radius 3 is 2.61 bits per heavy atom. The van der Waals surface area contributed by atoms with E-state index in [2.05, 4.69) is 15.3 Å². The summed E-state index contributed by atoms with van der Waals surface area (Å²) >= 11 is 0. The van der Waals surface area contributed by atoms with Gasteiger partial charge in [0.1, 0.15) is 12.4 Å². The third kappa shape index (κ3) is 4.02. The fourth-order valence-electron chi connectivity index (χ4n) is 3.15. The van der Waals surface area contributed by atoms with Gasteiger partial charge in [0, 0.05) is 6.20 Å². The van der Waals surface area contributed by atoms with Crippen LogP contribution in [0.4, 0.5) is 29.7 Å². The SMILES string of the molecule is CC(C)[C@H]1COC(=O)N1c1ccnc(N[C@H](C)c2ccccc2C(F)(F)F)n1. The van der Waals surface area contributed by atoms with Crippen LogP contribution in [0.5, 0.6) is 0 Å². The average Bonchev–Trinajstić information content (AvgIpc) is 3.03. The Bertz CT molecular complexity index is 857. The van der Waals surface area contributed by atoms with E-state index in [4.69, 9.17) is 4.74 Å². The van der Waals surface area contributed by atoms with Crippen LogP contribution in [0, 0.1) is 5.92 Å². The van der Waals surface area contributed by atoms with E-state index in [1.165, 1.54) is 23.2 Å². The molecule has 0 bridgehead atoms. The van der Waals surface area contributed by atoms with Gasteiger partial charge < -0.3 is 10.1 Å². The number of nitrogens with one attached hydrogen (secondary N) is 1. The van der Waals surface area contributed by atoms with E-state index in [0.29, 0.717) is 5.82 Å². The Labute approximate surface area is 160 Å². The maximum atomic E-state index is 13.3. The number of carbonyl (C=O) groups excluding carboxylic acids is 1. The fourth-order valence-corrected chi connectivity index (χ4v) is 3.15. The number of aromatic nitrogens is 2. The quantitative estimate of drug-likeness (QED) is 0.800. The van der Waals surface area contributed by atoms with E-state index in [1.807, 2.05) is 13.8 Å². The number of anilines is 2. The van der Waals surface area contributed by atoms with Gasteiger partial charge in [-0.25, -0.2) is 9.78 Å². The predicted octanol–water partition coefficient (Wildman–Crippen LogP) is 4.65. The summed E-state index contributed by atoms with van der Waals surface area (Å²) in [6.07, 6.45) is -3.51. The molecule has 1 aliphatic rings. The van der Waals surface area contributed by atoms with Gasteiger partial charge in [0.15, 0.2) is 0 Å². The van der Waals surface area contributed by atoms with E-state index < -0.39 is 23.9 Å². The van der Waals surface area contributed by atoms with Gasteiger partial charge in [-0.05, 0) is 30.5 Å². The molecule has 9 heteroatoms. The van der Waals surface area contributed by atoms with Crippen molar-refractivity contribution >= 4 is 17.9 Å². The summed E-state index contributed by atoms with van der Waals surface area (Å²) in [5, 5.41) is 2.89. The molecule has 2 atom stereocenters. The minimum atomic E-state index is -4.46. The Morgan fingerprint density at radius 1 is 1.21 bits per heavy atom. The molecule has 2 heterocycles. The maximum Gasteiger partial charge on any atom is 0.416 e. The lowest BCUT2D eigenvalue weighted by atomic mass is 10.0. The van der Waals surface area contributed by atoms with E-state index in [-0.39, 0.29) is 30.1 Å². The zero-order valence-corrected chi connectivity index (χ0v) is 15.7. The van der Waals surface area contributed by atoms with E-state index in [1.54, 1.807) is 19.1 Å². The normalized spacial score (nSPS) is 18.3.